The molecule has 2 aliphatic heterocycles. The van der Waals surface area contributed by atoms with E-state index < -0.39 is 12.5 Å². The third kappa shape index (κ3) is 6.63. The van der Waals surface area contributed by atoms with Gasteiger partial charge in [-0.25, -0.2) is 13.8 Å². The fraction of sp³-hybridized carbons (Fsp3) is 0.577. The number of aryl methyl sites for hydroxylation is 1. The number of carbonyl (C=O) groups excluding carboxylic acids is 1. The number of benzene rings is 1. The molecule has 0 saturated carbocycles. The van der Waals surface area contributed by atoms with Crippen LogP contribution >= 0.6 is 11.3 Å². The second-order valence-electron chi connectivity index (χ2n) is 10.1. The van der Waals surface area contributed by atoms with E-state index in [0.717, 1.165) is 80.1 Å². The summed E-state index contributed by atoms with van der Waals surface area (Å²) in [5.74, 6) is -2.95. The maximum Gasteiger partial charge on any atom is 0.278 e. The number of halogens is 2. The molecule has 3 aromatic rings. The summed E-state index contributed by atoms with van der Waals surface area (Å²) < 4.78 is 39.1. The average molecular weight is 534 g/mol. The van der Waals surface area contributed by atoms with Crippen LogP contribution in [0.2, 0.25) is 0 Å². The van der Waals surface area contributed by atoms with Gasteiger partial charge in [-0.15, -0.1) is 0 Å². The average Bonchev–Trinajstić information content (AvgIpc) is 3.39. The van der Waals surface area contributed by atoms with Gasteiger partial charge >= 0.3 is 0 Å². The first-order valence-electron chi connectivity index (χ1n) is 12.8. The van der Waals surface area contributed by atoms with Gasteiger partial charge in [-0.2, -0.15) is 5.10 Å². The van der Waals surface area contributed by atoms with Crippen molar-refractivity contribution in [3.05, 3.63) is 40.5 Å². The summed E-state index contributed by atoms with van der Waals surface area (Å²) in [4.78, 5) is 20.9. The lowest BCUT2D eigenvalue weighted by Crippen LogP contribution is -2.43. The third-order valence-electron chi connectivity index (χ3n) is 6.91. The largest absolute Gasteiger partial charge is 0.464 e. The van der Waals surface area contributed by atoms with Crippen molar-refractivity contribution < 1.29 is 23.0 Å². The maximum atomic E-state index is 13.1. The summed E-state index contributed by atoms with van der Waals surface area (Å²) in [5, 5.41) is 8.71. The summed E-state index contributed by atoms with van der Waals surface area (Å²) >= 11 is 1.39. The van der Waals surface area contributed by atoms with Crippen LogP contribution in [0.5, 0.6) is 5.19 Å². The summed E-state index contributed by atoms with van der Waals surface area (Å²) in [5.41, 5.74) is 2.42. The van der Waals surface area contributed by atoms with Crippen molar-refractivity contribution in [3.63, 3.8) is 0 Å². The Morgan fingerprint density at radius 2 is 2.14 bits per heavy atom. The van der Waals surface area contributed by atoms with Crippen molar-refractivity contribution in [2.45, 2.75) is 57.1 Å². The Morgan fingerprint density at radius 1 is 1.30 bits per heavy atom. The first kappa shape index (κ1) is 26.0. The number of hydrogen-bond acceptors (Lipinski definition) is 7. The van der Waals surface area contributed by atoms with Gasteiger partial charge in [0.05, 0.1) is 35.5 Å². The van der Waals surface area contributed by atoms with E-state index in [0.29, 0.717) is 17.4 Å². The smallest absolute Gasteiger partial charge is 0.278 e. The molecule has 8 nitrogen and oxygen atoms in total. The van der Waals surface area contributed by atoms with Crippen LogP contribution in [0, 0.1) is 0 Å². The van der Waals surface area contributed by atoms with Crippen LogP contribution in [-0.4, -0.2) is 76.5 Å². The Morgan fingerprint density at radius 3 is 2.92 bits per heavy atom. The number of nitrogens with zero attached hydrogens (tertiary/aromatic N) is 4. The number of aromatic nitrogens is 3. The molecular formula is C26H33F2N5O3S. The van der Waals surface area contributed by atoms with Crippen LogP contribution < -0.4 is 10.1 Å². The number of amides is 1. The highest BCUT2D eigenvalue weighted by Crippen LogP contribution is 2.29. The van der Waals surface area contributed by atoms with E-state index in [2.05, 4.69) is 20.3 Å². The summed E-state index contributed by atoms with van der Waals surface area (Å²) in [6.07, 6.45) is 6.44. The number of nitrogens with one attached hydrogen (secondary N) is 1. The van der Waals surface area contributed by atoms with Crippen LogP contribution in [0.25, 0.3) is 10.9 Å². The Hall–Kier alpha value is -2.63. The van der Waals surface area contributed by atoms with Crippen LogP contribution in [0.1, 0.15) is 47.1 Å². The Bertz CT molecular complexity index is 1210. The van der Waals surface area contributed by atoms with Gasteiger partial charge < -0.3 is 19.7 Å². The molecule has 1 aromatic carbocycles. The first-order chi connectivity index (χ1) is 17.7. The summed E-state index contributed by atoms with van der Waals surface area (Å²) in [6.45, 7) is 3.44. The SMILES string of the molecule is Cn1cc2c(C(=O)N[C@H]3CC[C@H](CCN4CCc5nc(OCC(C)(F)F)sc5CC4)OC3)cccc2n1. The molecule has 0 radical (unpaired) electrons. The zero-order valence-electron chi connectivity index (χ0n) is 21.2. The van der Waals surface area contributed by atoms with Gasteiger partial charge in [0.2, 0.25) is 0 Å². The van der Waals surface area contributed by atoms with Crippen LogP contribution in [0.3, 0.4) is 0 Å². The molecule has 0 spiro atoms. The van der Waals surface area contributed by atoms with Gasteiger partial charge in [-0.05, 0) is 37.8 Å². The normalized spacial score (nSPS) is 21.0. The predicted octanol–water partition coefficient (Wildman–Crippen LogP) is 3.83. The Balaban J connectivity index is 1.04. The van der Waals surface area contributed by atoms with Crippen molar-refractivity contribution in [2.24, 2.45) is 7.05 Å². The van der Waals surface area contributed by atoms with Crippen molar-refractivity contribution in [1.82, 2.24) is 25.0 Å². The van der Waals surface area contributed by atoms with E-state index in [1.54, 1.807) is 4.68 Å². The molecule has 0 unspecified atom stereocenters. The van der Waals surface area contributed by atoms with Gasteiger partial charge in [-0.3, -0.25) is 9.48 Å². The minimum Gasteiger partial charge on any atom is -0.464 e. The molecule has 1 fully saturated rings. The lowest BCUT2D eigenvalue weighted by atomic mass is 10.0. The molecule has 2 atom stereocenters. The minimum absolute atomic E-state index is 0.00000151. The molecule has 200 valence electrons. The molecule has 1 N–H and O–H groups in total. The number of rotatable bonds is 8. The van der Waals surface area contributed by atoms with Crippen LogP contribution in [-0.2, 0) is 24.6 Å². The van der Waals surface area contributed by atoms with E-state index in [1.165, 1.54) is 11.3 Å². The molecule has 11 heteroatoms. The zero-order chi connectivity index (χ0) is 26.0. The van der Waals surface area contributed by atoms with Gasteiger partial charge in [0.25, 0.3) is 17.0 Å². The van der Waals surface area contributed by atoms with Crippen molar-refractivity contribution in [1.29, 1.82) is 0 Å². The molecule has 0 bridgehead atoms. The first-order valence-corrected chi connectivity index (χ1v) is 13.6. The highest BCUT2D eigenvalue weighted by atomic mass is 32.1. The van der Waals surface area contributed by atoms with Gasteiger partial charge in [0, 0.05) is 56.5 Å². The molecule has 2 aromatic heterocycles. The molecule has 2 aliphatic rings. The predicted molar refractivity (Wildman–Crippen MR) is 138 cm³/mol. The maximum absolute atomic E-state index is 13.1. The topological polar surface area (TPSA) is 81.5 Å². The van der Waals surface area contributed by atoms with E-state index in [9.17, 15) is 13.6 Å². The van der Waals surface area contributed by atoms with Gasteiger partial charge in [0.1, 0.15) is 0 Å². The minimum atomic E-state index is -2.86. The number of carbonyl (C=O) groups is 1. The molecule has 4 heterocycles. The Labute approximate surface area is 218 Å². The fourth-order valence-electron chi connectivity index (χ4n) is 4.96. The van der Waals surface area contributed by atoms with Crippen molar-refractivity contribution in [2.75, 3.05) is 32.8 Å². The summed E-state index contributed by atoms with van der Waals surface area (Å²) in [6, 6.07) is 5.60. The summed E-state index contributed by atoms with van der Waals surface area (Å²) in [7, 11) is 1.85. The fourth-order valence-corrected chi connectivity index (χ4v) is 5.90. The highest BCUT2D eigenvalue weighted by Gasteiger charge is 2.27. The molecular weight excluding hydrogens is 500 g/mol. The van der Waals surface area contributed by atoms with E-state index in [1.807, 2.05) is 31.4 Å². The molecule has 5 rings (SSSR count). The molecule has 37 heavy (non-hydrogen) atoms. The quantitative estimate of drug-likeness (QED) is 0.474. The van der Waals surface area contributed by atoms with E-state index >= 15 is 0 Å². The lowest BCUT2D eigenvalue weighted by Gasteiger charge is -2.31. The van der Waals surface area contributed by atoms with E-state index in [-0.39, 0.29) is 18.1 Å². The number of alkyl halides is 2. The number of fused-ring (bicyclic) bond motifs is 2. The van der Waals surface area contributed by atoms with E-state index in [4.69, 9.17) is 9.47 Å². The molecule has 1 saturated heterocycles. The van der Waals surface area contributed by atoms with Crippen LogP contribution in [0.15, 0.2) is 24.4 Å². The molecule has 0 aliphatic carbocycles. The second kappa shape index (κ2) is 11.0. The number of ether oxygens (including phenoxy) is 2. The van der Waals surface area contributed by atoms with Crippen LogP contribution in [0.4, 0.5) is 8.78 Å². The van der Waals surface area contributed by atoms with Gasteiger partial charge in [-0.1, -0.05) is 17.4 Å². The lowest BCUT2D eigenvalue weighted by molar-refractivity contribution is -0.0230. The third-order valence-corrected chi connectivity index (χ3v) is 7.98. The number of thiazole rings is 1. The second-order valence-corrected chi connectivity index (χ2v) is 11.1. The van der Waals surface area contributed by atoms with Gasteiger partial charge in [0.15, 0.2) is 6.61 Å². The van der Waals surface area contributed by atoms with Crippen molar-refractivity contribution in [3.8, 4) is 5.19 Å². The highest BCUT2D eigenvalue weighted by molar-refractivity contribution is 7.13. The molecule has 1 amide bonds. The number of hydrogen-bond donors (Lipinski definition) is 1. The Kier molecular flexibility index (Phi) is 7.73. The monoisotopic (exact) mass is 533 g/mol. The zero-order valence-corrected chi connectivity index (χ0v) is 22.0. The standard InChI is InChI=1S/C26H33F2N5O3S/c1-26(27,28)16-36-25-30-22-9-12-33(13-10-23(22)37-25)11-8-18-7-6-17(15-35-18)29-24(34)19-4-3-5-21-20(19)14-32(2)31-21/h3-5,14,17-18H,6-13,15-16H2,1-2H3,(H,29,34)/t17-,18+/m0/s1. The van der Waals surface area contributed by atoms with Crippen molar-refractivity contribution >= 4 is 28.1 Å².